The van der Waals surface area contributed by atoms with Crippen LogP contribution in [0.1, 0.15) is 23.6 Å². The van der Waals surface area contributed by atoms with Crippen molar-refractivity contribution in [2.45, 2.75) is 20.0 Å². The SMILES string of the molecule is Cc1cc(OC(C)c2nn3c(=O)c4ccccc4nc3s2)ccc1Cl. The van der Waals surface area contributed by atoms with Crippen molar-refractivity contribution in [3.63, 3.8) is 0 Å². The standard InChI is InChI=1S/C18H14ClN3O2S/c1-10-9-12(7-8-14(10)19)24-11(2)16-21-22-17(23)13-5-3-4-6-15(13)20-18(22)25-16/h3-9,11H,1-2H3. The fraction of sp³-hybridized carbons (Fsp3) is 0.167. The molecule has 4 rings (SSSR count). The number of aromatic nitrogens is 3. The second-order valence-corrected chi connectivity index (χ2v) is 7.13. The van der Waals surface area contributed by atoms with Crippen molar-refractivity contribution in [1.82, 2.24) is 14.6 Å². The van der Waals surface area contributed by atoms with Crippen LogP contribution in [0, 0.1) is 6.92 Å². The third-order valence-corrected chi connectivity index (χ3v) is 5.40. The molecule has 25 heavy (non-hydrogen) atoms. The molecule has 5 nitrogen and oxygen atoms in total. The molecule has 4 aromatic rings. The summed E-state index contributed by atoms with van der Waals surface area (Å²) in [4.78, 5) is 17.7. The van der Waals surface area contributed by atoms with Crippen molar-refractivity contribution in [1.29, 1.82) is 0 Å². The molecule has 0 bridgehead atoms. The first-order chi connectivity index (χ1) is 12.0. The molecule has 126 valence electrons. The normalized spacial score (nSPS) is 12.6. The van der Waals surface area contributed by atoms with Crippen LogP contribution in [0.4, 0.5) is 0 Å². The molecule has 1 unspecified atom stereocenters. The van der Waals surface area contributed by atoms with Gasteiger partial charge in [0.1, 0.15) is 11.9 Å². The van der Waals surface area contributed by atoms with Crippen LogP contribution in [0.15, 0.2) is 47.3 Å². The number of halogens is 1. The van der Waals surface area contributed by atoms with Crippen LogP contribution in [-0.4, -0.2) is 14.6 Å². The molecular formula is C18H14ClN3O2S. The van der Waals surface area contributed by atoms with Gasteiger partial charge in [-0.15, -0.1) is 0 Å². The second kappa shape index (κ2) is 6.13. The largest absolute Gasteiger partial charge is 0.483 e. The maximum absolute atomic E-state index is 12.6. The second-order valence-electron chi connectivity index (χ2n) is 5.74. The molecule has 0 spiro atoms. The topological polar surface area (TPSA) is 56.5 Å². The maximum atomic E-state index is 12.6. The van der Waals surface area contributed by atoms with E-state index in [1.54, 1.807) is 12.1 Å². The number of aryl methyl sites for hydroxylation is 1. The van der Waals surface area contributed by atoms with E-state index in [1.165, 1.54) is 15.9 Å². The van der Waals surface area contributed by atoms with Crippen LogP contribution in [0.25, 0.3) is 15.9 Å². The summed E-state index contributed by atoms with van der Waals surface area (Å²) in [5.41, 5.74) is 1.45. The number of nitrogens with zero attached hydrogens (tertiary/aromatic N) is 3. The van der Waals surface area contributed by atoms with Gasteiger partial charge in [0.2, 0.25) is 4.96 Å². The minimum Gasteiger partial charge on any atom is -0.483 e. The Morgan fingerprint density at radius 3 is 2.84 bits per heavy atom. The van der Waals surface area contributed by atoms with Gasteiger partial charge in [0.05, 0.1) is 10.9 Å². The van der Waals surface area contributed by atoms with Crippen molar-refractivity contribution in [3.8, 4) is 5.75 Å². The summed E-state index contributed by atoms with van der Waals surface area (Å²) in [7, 11) is 0. The van der Waals surface area contributed by atoms with Crippen molar-refractivity contribution in [2.75, 3.05) is 0 Å². The van der Waals surface area contributed by atoms with E-state index in [0.717, 1.165) is 5.56 Å². The van der Waals surface area contributed by atoms with Crippen LogP contribution in [-0.2, 0) is 0 Å². The third-order valence-electron chi connectivity index (χ3n) is 3.91. The van der Waals surface area contributed by atoms with Gasteiger partial charge in [0.15, 0.2) is 5.01 Å². The van der Waals surface area contributed by atoms with Crippen molar-refractivity contribution < 1.29 is 4.74 Å². The minimum atomic E-state index is -0.310. The molecule has 1 atom stereocenters. The number of benzene rings is 2. The van der Waals surface area contributed by atoms with Crippen molar-refractivity contribution in [2.24, 2.45) is 0 Å². The number of hydrogen-bond acceptors (Lipinski definition) is 5. The van der Waals surface area contributed by atoms with E-state index in [-0.39, 0.29) is 11.7 Å². The monoisotopic (exact) mass is 371 g/mol. The highest BCUT2D eigenvalue weighted by Gasteiger charge is 2.17. The molecule has 0 N–H and O–H groups in total. The predicted octanol–water partition coefficient (Wildman–Crippen LogP) is 4.41. The zero-order valence-electron chi connectivity index (χ0n) is 13.6. The van der Waals surface area contributed by atoms with E-state index in [9.17, 15) is 4.79 Å². The zero-order valence-corrected chi connectivity index (χ0v) is 15.1. The zero-order chi connectivity index (χ0) is 17.6. The van der Waals surface area contributed by atoms with E-state index in [0.29, 0.717) is 31.6 Å². The lowest BCUT2D eigenvalue weighted by molar-refractivity contribution is 0.225. The van der Waals surface area contributed by atoms with Crippen LogP contribution in [0.5, 0.6) is 5.75 Å². The first-order valence-corrected chi connectivity index (χ1v) is 8.94. The quantitative estimate of drug-likeness (QED) is 0.535. The smallest absolute Gasteiger partial charge is 0.283 e. The first-order valence-electron chi connectivity index (χ1n) is 7.74. The van der Waals surface area contributed by atoms with Gasteiger partial charge in [-0.05, 0) is 49.7 Å². The van der Waals surface area contributed by atoms with Gasteiger partial charge in [-0.1, -0.05) is 35.1 Å². The van der Waals surface area contributed by atoms with Gasteiger partial charge in [0, 0.05) is 5.02 Å². The summed E-state index contributed by atoms with van der Waals surface area (Å²) in [5.74, 6) is 0.708. The van der Waals surface area contributed by atoms with E-state index >= 15 is 0 Å². The Hall–Kier alpha value is -2.44. The Morgan fingerprint density at radius 1 is 1.24 bits per heavy atom. The number of hydrogen-bond donors (Lipinski definition) is 0. The van der Waals surface area contributed by atoms with Crippen LogP contribution in [0.2, 0.25) is 5.02 Å². The predicted molar refractivity (Wildman–Crippen MR) is 99.9 cm³/mol. The summed E-state index contributed by atoms with van der Waals surface area (Å²) >= 11 is 7.39. The Kier molecular flexibility index (Phi) is 3.94. The van der Waals surface area contributed by atoms with Gasteiger partial charge in [0.25, 0.3) is 5.56 Å². The average Bonchev–Trinajstić information content (AvgIpc) is 3.03. The van der Waals surface area contributed by atoms with Crippen molar-refractivity contribution in [3.05, 3.63) is 68.4 Å². The summed E-state index contributed by atoms with van der Waals surface area (Å²) in [5, 5.41) is 6.35. The Labute approximate surface area is 152 Å². The molecule has 0 saturated carbocycles. The first kappa shape index (κ1) is 16.1. The Balaban J connectivity index is 1.73. The lowest BCUT2D eigenvalue weighted by Crippen LogP contribution is -2.15. The fourth-order valence-corrected chi connectivity index (χ4v) is 3.57. The molecule has 2 aromatic heterocycles. The summed E-state index contributed by atoms with van der Waals surface area (Å²) < 4.78 is 7.29. The van der Waals surface area contributed by atoms with Crippen molar-refractivity contribution >= 4 is 38.8 Å². The fourth-order valence-electron chi connectivity index (χ4n) is 2.58. The molecule has 0 aliphatic carbocycles. The van der Waals surface area contributed by atoms with E-state index < -0.39 is 0 Å². The number of para-hydroxylation sites is 1. The van der Waals surface area contributed by atoms with Gasteiger partial charge < -0.3 is 4.74 Å². The Bertz CT molecular complexity index is 1150. The summed E-state index contributed by atoms with van der Waals surface area (Å²) in [6, 6.07) is 12.8. The van der Waals surface area contributed by atoms with Crippen LogP contribution in [0.3, 0.4) is 0 Å². The summed E-state index contributed by atoms with van der Waals surface area (Å²) in [6.45, 7) is 3.82. The van der Waals surface area contributed by atoms with E-state index in [4.69, 9.17) is 16.3 Å². The molecule has 7 heteroatoms. The molecule has 0 amide bonds. The molecule has 0 saturated heterocycles. The number of ether oxygens (including phenoxy) is 1. The minimum absolute atomic E-state index is 0.169. The Morgan fingerprint density at radius 2 is 2.04 bits per heavy atom. The third kappa shape index (κ3) is 2.88. The van der Waals surface area contributed by atoms with E-state index in [2.05, 4.69) is 10.1 Å². The highest BCUT2D eigenvalue weighted by atomic mass is 35.5. The van der Waals surface area contributed by atoms with Gasteiger partial charge in [-0.3, -0.25) is 4.79 Å². The molecule has 0 aliphatic heterocycles. The molecule has 0 fully saturated rings. The van der Waals surface area contributed by atoms with Crippen LogP contribution >= 0.6 is 22.9 Å². The average molecular weight is 372 g/mol. The summed E-state index contributed by atoms with van der Waals surface area (Å²) in [6.07, 6.45) is -0.310. The molecular weight excluding hydrogens is 358 g/mol. The number of fused-ring (bicyclic) bond motifs is 2. The van der Waals surface area contributed by atoms with Crippen LogP contribution < -0.4 is 10.3 Å². The van der Waals surface area contributed by atoms with Gasteiger partial charge in [-0.2, -0.15) is 9.61 Å². The lowest BCUT2D eigenvalue weighted by atomic mass is 10.2. The van der Waals surface area contributed by atoms with E-state index in [1.807, 2.05) is 44.2 Å². The highest BCUT2D eigenvalue weighted by Crippen LogP contribution is 2.27. The lowest BCUT2D eigenvalue weighted by Gasteiger charge is -2.12. The number of rotatable bonds is 3. The molecule has 2 aromatic carbocycles. The highest BCUT2D eigenvalue weighted by molar-refractivity contribution is 7.16. The molecule has 0 aliphatic rings. The molecule has 2 heterocycles. The molecule has 0 radical (unpaired) electrons. The van der Waals surface area contributed by atoms with Gasteiger partial charge >= 0.3 is 0 Å². The maximum Gasteiger partial charge on any atom is 0.283 e. The van der Waals surface area contributed by atoms with Gasteiger partial charge in [-0.25, -0.2) is 4.98 Å².